The zero-order valence-corrected chi connectivity index (χ0v) is 20.1. The average Bonchev–Trinajstić information content (AvgIpc) is 2.80. The summed E-state index contributed by atoms with van der Waals surface area (Å²) in [6.07, 6.45) is 0. The van der Waals surface area contributed by atoms with Crippen LogP contribution in [0.1, 0.15) is 26.5 Å². The fraction of sp³-hybridized carbons (Fsp3) is 0.545. The number of anilines is 1. The van der Waals surface area contributed by atoms with E-state index < -0.39 is 21.1 Å². The van der Waals surface area contributed by atoms with Crippen molar-refractivity contribution in [3.8, 4) is 5.69 Å². The van der Waals surface area contributed by atoms with Crippen molar-refractivity contribution in [2.24, 2.45) is 0 Å². The Kier molecular flexibility index (Phi) is 8.57. The van der Waals surface area contributed by atoms with E-state index in [0.29, 0.717) is 63.1 Å². The Bertz CT molecular complexity index is 1080. The Morgan fingerprint density at radius 2 is 1.70 bits per heavy atom. The normalized spacial score (nSPS) is 15.4. The van der Waals surface area contributed by atoms with Crippen LogP contribution in [0.2, 0.25) is 0 Å². The summed E-state index contributed by atoms with van der Waals surface area (Å²) in [5.74, 6) is -0.405. The van der Waals surface area contributed by atoms with E-state index in [1.54, 1.807) is 13.8 Å². The molecule has 0 radical (unpaired) electrons. The van der Waals surface area contributed by atoms with Crippen LogP contribution in [0, 0.1) is 5.82 Å². The quantitative estimate of drug-likeness (QED) is 0.477. The molecule has 1 aliphatic heterocycles. The molecule has 2 heterocycles. The first-order valence-electron chi connectivity index (χ1n) is 11.0. The summed E-state index contributed by atoms with van der Waals surface area (Å²) in [6, 6.07) is 6.98. The fourth-order valence-electron chi connectivity index (χ4n) is 3.54. The highest BCUT2D eigenvalue weighted by Gasteiger charge is 2.30. The molecule has 182 valence electrons. The molecule has 1 aromatic carbocycles. The Labute approximate surface area is 193 Å². The molecular formula is C22H31FN4O5S. The van der Waals surface area contributed by atoms with E-state index in [4.69, 9.17) is 9.47 Å². The van der Waals surface area contributed by atoms with Crippen molar-refractivity contribution >= 4 is 15.7 Å². The molecule has 0 saturated carbocycles. The van der Waals surface area contributed by atoms with Crippen LogP contribution in [0.4, 0.5) is 10.1 Å². The zero-order valence-electron chi connectivity index (χ0n) is 19.2. The van der Waals surface area contributed by atoms with Crippen LogP contribution >= 0.6 is 0 Å². The maximum Gasteiger partial charge on any atom is 0.273 e. The van der Waals surface area contributed by atoms with Crippen molar-refractivity contribution in [3.63, 3.8) is 0 Å². The summed E-state index contributed by atoms with van der Waals surface area (Å²) in [5, 5.41) is 4.02. The summed E-state index contributed by atoms with van der Waals surface area (Å²) >= 11 is 0. The zero-order chi connectivity index (χ0) is 24.0. The summed E-state index contributed by atoms with van der Waals surface area (Å²) in [7, 11) is -3.34. The molecule has 3 rings (SSSR count). The minimum absolute atomic E-state index is 0.147. The van der Waals surface area contributed by atoms with E-state index in [-0.39, 0.29) is 12.2 Å². The third-order valence-corrected chi connectivity index (χ3v) is 7.68. The topological polar surface area (TPSA) is 94.0 Å². The van der Waals surface area contributed by atoms with Crippen molar-refractivity contribution in [1.29, 1.82) is 0 Å². The molecule has 1 fully saturated rings. The number of rotatable bonds is 10. The van der Waals surface area contributed by atoms with E-state index in [2.05, 4.69) is 5.10 Å². The number of aromatic nitrogens is 2. The minimum Gasteiger partial charge on any atom is -0.379 e. The van der Waals surface area contributed by atoms with Gasteiger partial charge in [0.15, 0.2) is 0 Å². The molecule has 33 heavy (non-hydrogen) atoms. The lowest BCUT2D eigenvalue weighted by Gasteiger charge is -2.36. The van der Waals surface area contributed by atoms with Gasteiger partial charge in [0.05, 0.1) is 36.4 Å². The highest BCUT2D eigenvalue weighted by Crippen LogP contribution is 2.22. The molecular weight excluding hydrogens is 451 g/mol. The lowest BCUT2D eigenvalue weighted by atomic mass is 10.2. The smallest absolute Gasteiger partial charge is 0.273 e. The number of sulfonamides is 1. The van der Waals surface area contributed by atoms with E-state index in [0.717, 1.165) is 0 Å². The van der Waals surface area contributed by atoms with Gasteiger partial charge in [0, 0.05) is 38.9 Å². The Morgan fingerprint density at radius 3 is 2.30 bits per heavy atom. The second-order valence-corrected chi connectivity index (χ2v) is 10.4. The van der Waals surface area contributed by atoms with Crippen LogP contribution in [-0.4, -0.2) is 73.8 Å². The molecule has 0 N–H and O–H groups in total. The molecule has 0 aliphatic carbocycles. The molecule has 1 saturated heterocycles. The fourth-order valence-corrected chi connectivity index (χ4v) is 4.81. The predicted octanol–water partition coefficient (Wildman–Crippen LogP) is 1.78. The van der Waals surface area contributed by atoms with Crippen LogP contribution in [0.25, 0.3) is 5.69 Å². The van der Waals surface area contributed by atoms with E-state index in [1.807, 2.05) is 11.8 Å². The number of ether oxygens (including phenoxy) is 2. The van der Waals surface area contributed by atoms with Crippen LogP contribution < -0.4 is 10.5 Å². The van der Waals surface area contributed by atoms with Gasteiger partial charge in [-0.1, -0.05) is 0 Å². The SMILES string of the molecule is CCOCCOCc1nn(-c2ccc(F)cc2)c(=O)cc1N1CCN(S(=O)(=O)C(C)C)CC1. The predicted molar refractivity (Wildman–Crippen MR) is 124 cm³/mol. The molecule has 0 atom stereocenters. The number of hydrogen-bond acceptors (Lipinski definition) is 7. The van der Waals surface area contributed by atoms with Gasteiger partial charge in [-0.25, -0.2) is 12.8 Å². The molecule has 1 aromatic heterocycles. The van der Waals surface area contributed by atoms with Crippen LogP contribution in [0.5, 0.6) is 0 Å². The Morgan fingerprint density at radius 1 is 1.06 bits per heavy atom. The van der Waals surface area contributed by atoms with Crippen molar-refractivity contribution in [2.45, 2.75) is 32.6 Å². The van der Waals surface area contributed by atoms with Gasteiger partial charge in [0.1, 0.15) is 11.5 Å². The maximum atomic E-state index is 13.3. The van der Waals surface area contributed by atoms with Gasteiger partial charge in [0.2, 0.25) is 10.0 Å². The molecule has 11 heteroatoms. The highest BCUT2D eigenvalue weighted by atomic mass is 32.2. The second-order valence-electron chi connectivity index (χ2n) is 7.93. The maximum absolute atomic E-state index is 13.3. The van der Waals surface area contributed by atoms with E-state index >= 15 is 0 Å². The largest absolute Gasteiger partial charge is 0.379 e. The average molecular weight is 483 g/mol. The number of nitrogens with zero attached hydrogens (tertiary/aromatic N) is 4. The highest BCUT2D eigenvalue weighted by molar-refractivity contribution is 7.89. The first-order valence-corrected chi connectivity index (χ1v) is 12.5. The number of halogens is 1. The van der Waals surface area contributed by atoms with Gasteiger partial charge in [-0.2, -0.15) is 14.1 Å². The molecule has 1 aliphatic rings. The summed E-state index contributed by atoms with van der Waals surface area (Å²) < 4.78 is 52.0. The monoisotopic (exact) mass is 482 g/mol. The number of piperazine rings is 1. The van der Waals surface area contributed by atoms with Crippen molar-refractivity contribution in [2.75, 3.05) is 50.9 Å². The number of benzene rings is 1. The second kappa shape index (κ2) is 11.2. The van der Waals surface area contributed by atoms with Crippen LogP contribution in [-0.2, 0) is 26.1 Å². The first kappa shape index (κ1) is 25.3. The van der Waals surface area contributed by atoms with Crippen molar-refractivity contribution in [1.82, 2.24) is 14.1 Å². The third kappa shape index (κ3) is 6.17. The lowest BCUT2D eigenvalue weighted by molar-refractivity contribution is 0.0438. The summed E-state index contributed by atoms with van der Waals surface area (Å²) in [5.41, 5.74) is 1.22. The lowest BCUT2D eigenvalue weighted by Crippen LogP contribution is -2.51. The van der Waals surface area contributed by atoms with Gasteiger partial charge >= 0.3 is 0 Å². The molecule has 0 amide bonds. The van der Waals surface area contributed by atoms with E-state index in [9.17, 15) is 17.6 Å². The van der Waals surface area contributed by atoms with Gasteiger partial charge in [-0.15, -0.1) is 0 Å². The molecule has 0 unspecified atom stereocenters. The Hall–Kier alpha value is -2.34. The molecule has 2 aromatic rings. The van der Waals surface area contributed by atoms with Gasteiger partial charge in [-0.05, 0) is 45.0 Å². The van der Waals surface area contributed by atoms with Crippen LogP contribution in [0.3, 0.4) is 0 Å². The van der Waals surface area contributed by atoms with Crippen LogP contribution in [0.15, 0.2) is 35.1 Å². The minimum atomic E-state index is -3.34. The molecule has 9 nitrogen and oxygen atoms in total. The van der Waals surface area contributed by atoms with Crippen molar-refractivity contribution in [3.05, 3.63) is 52.2 Å². The standard InChI is InChI=1S/C22H31FN4O5S/c1-4-31-13-14-32-16-20-21(25-9-11-26(12-10-25)33(29,30)17(2)3)15-22(28)27(24-20)19-7-5-18(23)6-8-19/h5-8,15,17H,4,9-14,16H2,1-3H3. The third-order valence-electron chi connectivity index (χ3n) is 5.41. The molecule has 0 spiro atoms. The molecule has 0 bridgehead atoms. The van der Waals surface area contributed by atoms with Gasteiger partial charge in [0.25, 0.3) is 5.56 Å². The Balaban J connectivity index is 1.86. The van der Waals surface area contributed by atoms with Crippen molar-refractivity contribution < 1.29 is 22.3 Å². The number of hydrogen-bond donors (Lipinski definition) is 0. The summed E-state index contributed by atoms with van der Waals surface area (Å²) in [4.78, 5) is 14.8. The van der Waals surface area contributed by atoms with Gasteiger partial charge in [-0.3, -0.25) is 4.79 Å². The van der Waals surface area contributed by atoms with Gasteiger partial charge < -0.3 is 14.4 Å². The van der Waals surface area contributed by atoms with E-state index in [1.165, 1.54) is 39.3 Å². The first-order chi connectivity index (χ1) is 15.7. The summed E-state index contributed by atoms with van der Waals surface area (Å²) in [6.45, 7) is 8.28.